The van der Waals surface area contributed by atoms with Crippen molar-refractivity contribution in [2.45, 2.75) is 6.92 Å². The monoisotopic (exact) mass is 511 g/mol. The first-order valence-electron chi connectivity index (χ1n) is 8.64. The van der Waals surface area contributed by atoms with Gasteiger partial charge in [0.25, 0.3) is 11.1 Å². The van der Waals surface area contributed by atoms with Gasteiger partial charge in [-0.25, -0.2) is 9.69 Å². The largest absolute Gasteiger partial charge is 0.490 e. The molecule has 1 saturated heterocycles. The average molecular weight is 513 g/mol. The molecule has 2 aromatic carbocycles. The number of hydrogen-bond acceptors (Lipinski definition) is 6. The molecule has 1 heterocycles. The van der Waals surface area contributed by atoms with Crippen molar-refractivity contribution < 1.29 is 29.0 Å². The van der Waals surface area contributed by atoms with Crippen molar-refractivity contribution in [3.8, 4) is 11.5 Å². The minimum absolute atomic E-state index is 0.239. The summed E-state index contributed by atoms with van der Waals surface area (Å²) < 4.78 is 11.3. The van der Waals surface area contributed by atoms with Gasteiger partial charge in [0.05, 0.1) is 21.7 Å². The van der Waals surface area contributed by atoms with Crippen LogP contribution in [-0.2, 0) is 9.59 Å². The Labute approximate surface area is 189 Å². The molecule has 1 aliphatic heterocycles. The van der Waals surface area contributed by atoms with Crippen LogP contribution in [0, 0.1) is 0 Å². The molecule has 0 bridgehead atoms. The van der Waals surface area contributed by atoms with E-state index in [0.717, 1.165) is 16.7 Å². The minimum Gasteiger partial charge on any atom is -0.490 e. The van der Waals surface area contributed by atoms with Crippen LogP contribution < -0.4 is 14.4 Å². The lowest BCUT2D eigenvalue weighted by molar-refractivity contribution is -0.139. The predicted molar refractivity (Wildman–Crippen MR) is 118 cm³/mol. The molecule has 3 rings (SSSR count). The molecule has 7 nitrogen and oxygen atoms in total. The highest BCUT2D eigenvalue weighted by Crippen LogP contribution is 2.40. The number of rotatable bonds is 7. The van der Waals surface area contributed by atoms with Crippen molar-refractivity contribution >= 4 is 68.2 Å². The van der Waals surface area contributed by atoms with Crippen LogP contribution in [0.4, 0.5) is 10.5 Å². The Bertz CT molecular complexity index is 1040. The Morgan fingerprint density at radius 3 is 2.57 bits per heavy atom. The van der Waals surface area contributed by atoms with Gasteiger partial charge in [0.15, 0.2) is 18.1 Å². The Balaban J connectivity index is 1.92. The molecule has 2 amide bonds. The van der Waals surface area contributed by atoms with Crippen LogP contribution in [0.5, 0.6) is 11.5 Å². The quantitative estimate of drug-likeness (QED) is 0.509. The number of carbonyl (C=O) groups excluding carboxylic acids is 2. The standard InChI is InChI=1S/C20H15BrClNO6S/c1-2-28-15-8-11(7-14(21)18(15)29-10-17(24)25)9-16-19(26)23(20(27)30-16)13-5-3-12(22)4-6-13/h3-9H,2,10H2,1H3,(H,24,25)/b16-9+. The molecule has 0 radical (unpaired) electrons. The Kier molecular flexibility index (Phi) is 7.06. The second kappa shape index (κ2) is 9.55. The van der Waals surface area contributed by atoms with Crippen molar-refractivity contribution in [1.82, 2.24) is 0 Å². The van der Waals surface area contributed by atoms with Crippen LogP contribution in [0.3, 0.4) is 0 Å². The summed E-state index contributed by atoms with van der Waals surface area (Å²) in [4.78, 5) is 37.3. The maximum absolute atomic E-state index is 12.8. The lowest BCUT2D eigenvalue weighted by Crippen LogP contribution is -2.27. The third kappa shape index (κ3) is 4.97. The van der Waals surface area contributed by atoms with Crippen LogP contribution in [0.25, 0.3) is 6.08 Å². The molecule has 10 heteroatoms. The summed E-state index contributed by atoms with van der Waals surface area (Å²) in [6, 6.07) is 9.66. The minimum atomic E-state index is -1.12. The number of hydrogen-bond donors (Lipinski definition) is 1. The highest BCUT2D eigenvalue weighted by atomic mass is 79.9. The van der Waals surface area contributed by atoms with E-state index in [9.17, 15) is 14.4 Å². The number of ether oxygens (including phenoxy) is 2. The zero-order valence-electron chi connectivity index (χ0n) is 15.6. The summed E-state index contributed by atoms with van der Waals surface area (Å²) in [5.41, 5.74) is 1.01. The van der Waals surface area contributed by atoms with Gasteiger partial charge in [-0.05, 0) is 82.7 Å². The molecule has 1 fully saturated rings. The molecule has 1 aliphatic rings. The van der Waals surface area contributed by atoms with Crippen LogP contribution in [0.2, 0.25) is 5.02 Å². The van der Waals surface area contributed by atoms with Crippen LogP contribution >= 0.6 is 39.3 Å². The summed E-state index contributed by atoms with van der Waals surface area (Å²) >= 11 is 10.0. The maximum Gasteiger partial charge on any atom is 0.341 e. The maximum atomic E-state index is 12.8. The Morgan fingerprint density at radius 1 is 1.23 bits per heavy atom. The molecule has 2 aromatic rings. The van der Waals surface area contributed by atoms with Gasteiger partial charge < -0.3 is 14.6 Å². The van der Waals surface area contributed by atoms with E-state index >= 15 is 0 Å². The van der Waals surface area contributed by atoms with Crippen molar-refractivity contribution in [2.24, 2.45) is 0 Å². The zero-order chi connectivity index (χ0) is 21.8. The normalized spacial score (nSPS) is 15.0. The number of carbonyl (C=O) groups is 3. The van der Waals surface area contributed by atoms with Gasteiger partial charge in [0.1, 0.15) is 0 Å². The number of carboxylic acids is 1. The van der Waals surface area contributed by atoms with Crippen molar-refractivity contribution in [2.75, 3.05) is 18.1 Å². The van der Waals surface area contributed by atoms with E-state index in [2.05, 4.69) is 15.9 Å². The molecule has 156 valence electrons. The average Bonchev–Trinajstić information content (AvgIpc) is 2.95. The second-order valence-electron chi connectivity index (χ2n) is 5.94. The molecule has 0 unspecified atom stereocenters. The second-order valence-corrected chi connectivity index (χ2v) is 8.22. The van der Waals surface area contributed by atoms with Crippen molar-refractivity contribution in [3.05, 3.63) is 56.4 Å². The number of anilines is 1. The highest BCUT2D eigenvalue weighted by Gasteiger charge is 2.36. The molecular formula is C20H15BrClNO6S. The number of amides is 2. The lowest BCUT2D eigenvalue weighted by Gasteiger charge is -2.14. The first kappa shape index (κ1) is 22.2. The number of thioether (sulfide) groups is 1. The van der Waals surface area contributed by atoms with Crippen LogP contribution in [-0.4, -0.2) is 35.4 Å². The van der Waals surface area contributed by atoms with Crippen LogP contribution in [0.1, 0.15) is 12.5 Å². The van der Waals surface area contributed by atoms with Gasteiger partial charge in [0.2, 0.25) is 0 Å². The molecular weight excluding hydrogens is 498 g/mol. The summed E-state index contributed by atoms with van der Waals surface area (Å²) in [5, 5.41) is 8.93. The summed E-state index contributed by atoms with van der Waals surface area (Å²) in [6.07, 6.45) is 1.56. The molecule has 0 saturated carbocycles. The van der Waals surface area contributed by atoms with Gasteiger partial charge in [-0.2, -0.15) is 0 Å². The van der Waals surface area contributed by atoms with Gasteiger partial charge in [-0.1, -0.05) is 11.6 Å². The van der Waals surface area contributed by atoms with E-state index in [1.165, 1.54) is 0 Å². The number of aliphatic carboxylic acids is 1. The van der Waals surface area contributed by atoms with E-state index in [-0.39, 0.29) is 10.7 Å². The molecule has 30 heavy (non-hydrogen) atoms. The van der Waals surface area contributed by atoms with E-state index in [1.807, 2.05) is 0 Å². The molecule has 0 aromatic heterocycles. The number of imide groups is 1. The molecule has 0 spiro atoms. The van der Waals surface area contributed by atoms with Crippen molar-refractivity contribution in [3.63, 3.8) is 0 Å². The first-order valence-corrected chi connectivity index (χ1v) is 10.6. The van der Waals surface area contributed by atoms with Crippen LogP contribution in [0.15, 0.2) is 45.8 Å². The number of carboxylic acid groups (broad SMARTS) is 1. The SMILES string of the molecule is CCOc1cc(/C=C2/SC(=O)N(c3ccc(Cl)cc3)C2=O)cc(Br)c1OCC(=O)O. The van der Waals surface area contributed by atoms with E-state index < -0.39 is 23.7 Å². The summed E-state index contributed by atoms with van der Waals surface area (Å²) in [6.45, 7) is 1.57. The topological polar surface area (TPSA) is 93.1 Å². The highest BCUT2D eigenvalue weighted by molar-refractivity contribution is 9.10. The number of benzene rings is 2. The van der Waals surface area contributed by atoms with E-state index in [4.69, 9.17) is 26.2 Å². The third-order valence-corrected chi connectivity index (χ3v) is 5.56. The molecule has 0 aliphatic carbocycles. The van der Waals surface area contributed by atoms with Gasteiger partial charge in [-0.3, -0.25) is 9.59 Å². The molecule has 0 atom stereocenters. The third-order valence-electron chi connectivity index (χ3n) is 3.85. The Morgan fingerprint density at radius 2 is 1.93 bits per heavy atom. The van der Waals surface area contributed by atoms with E-state index in [0.29, 0.717) is 33.1 Å². The fraction of sp³-hybridized carbons (Fsp3) is 0.150. The Hall–Kier alpha value is -2.49. The van der Waals surface area contributed by atoms with Gasteiger partial charge >= 0.3 is 5.97 Å². The van der Waals surface area contributed by atoms with Gasteiger partial charge in [-0.15, -0.1) is 0 Å². The first-order chi connectivity index (χ1) is 14.3. The summed E-state index contributed by atoms with van der Waals surface area (Å²) in [7, 11) is 0. The smallest absolute Gasteiger partial charge is 0.341 e. The fourth-order valence-electron chi connectivity index (χ4n) is 2.64. The zero-order valence-corrected chi connectivity index (χ0v) is 18.7. The number of halogens is 2. The fourth-order valence-corrected chi connectivity index (χ4v) is 4.18. The predicted octanol–water partition coefficient (Wildman–Crippen LogP) is 5.21. The summed E-state index contributed by atoms with van der Waals surface area (Å²) in [5.74, 6) is -1.01. The molecule has 1 N–H and O–H groups in total. The van der Waals surface area contributed by atoms with E-state index in [1.54, 1.807) is 49.4 Å². The lowest BCUT2D eigenvalue weighted by atomic mass is 10.1. The van der Waals surface area contributed by atoms with Gasteiger partial charge in [0, 0.05) is 5.02 Å². The number of nitrogens with zero attached hydrogens (tertiary/aromatic N) is 1. The van der Waals surface area contributed by atoms with Crippen molar-refractivity contribution in [1.29, 1.82) is 0 Å².